The lowest BCUT2D eigenvalue weighted by Crippen LogP contribution is -2.44. The Morgan fingerprint density at radius 2 is 2.04 bits per heavy atom. The van der Waals surface area contributed by atoms with E-state index in [1.165, 1.54) is 11.3 Å². The second kappa shape index (κ2) is 6.49. The Hall–Kier alpha value is -3.13. The molecule has 2 N–H and O–H groups in total. The highest BCUT2D eigenvalue weighted by molar-refractivity contribution is 7.16. The van der Waals surface area contributed by atoms with Crippen molar-refractivity contribution < 1.29 is 9.59 Å². The first kappa shape index (κ1) is 17.0. The van der Waals surface area contributed by atoms with Gasteiger partial charge in [-0.3, -0.25) is 9.59 Å². The summed E-state index contributed by atoms with van der Waals surface area (Å²) in [6.45, 7) is 2.46. The molecule has 2 aliphatic rings. The maximum Gasteiger partial charge on any atom is 0.263 e. The van der Waals surface area contributed by atoms with Crippen molar-refractivity contribution >= 4 is 34.5 Å². The van der Waals surface area contributed by atoms with Gasteiger partial charge in [0.2, 0.25) is 5.91 Å². The van der Waals surface area contributed by atoms with Gasteiger partial charge in [0.1, 0.15) is 10.9 Å². The molecule has 4 heterocycles. The molecule has 1 aromatic carbocycles. The van der Waals surface area contributed by atoms with Crippen LogP contribution in [0, 0.1) is 6.92 Å². The van der Waals surface area contributed by atoms with E-state index in [2.05, 4.69) is 20.5 Å². The average Bonchev–Trinajstić information content (AvgIpc) is 3.41. The first-order chi connectivity index (χ1) is 13.6. The van der Waals surface area contributed by atoms with Crippen molar-refractivity contribution in [1.29, 1.82) is 0 Å². The molecule has 0 unspecified atom stereocenters. The van der Waals surface area contributed by atoms with Crippen molar-refractivity contribution in [1.82, 2.24) is 14.9 Å². The molecule has 0 spiro atoms. The molecule has 2 amide bonds. The third kappa shape index (κ3) is 2.77. The van der Waals surface area contributed by atoms with Crippen molar-refractivity contribution in [2.45, 2.75) is 25.4 Å². The molecule has 142 valence electrons. The number of amides is 2. The van der Waals surface area contributed by atoms with E-state index >= 15 is 0 Å². The first-order valence-corrected chi connectivity index (χ1v) is 10.00. The highest BCUT2D eigenvalue weighted by Gasteiger charge is 2.41. The quantitative estimate of drug-likeness (QED) is 0.717. The number of aromatic nitrogens is 2. The number of benzene rings is 1. The van der Waals surface area contributed by atoms with Gasteiger partial charge in [-0.25, -0.2) is 4.98 Å². The fourth-order valence-electron chi connectivity index (χ4n) is 3.92. The highest BCUT2D eigenvalue weighted by atomic mass is 32.1. The number of carbonyl (C=O) groups is 2. The van der Waals surface area contributed by atoms with E-state index in [1.807, 2.05) is 60.3 Å². The molecule has 2 atom stereocenters. The molecular formula is C20H19N5O2S. The Bertz CT molecular complexity index is 1060. The van der Waals surface area contributed by atoms with Crippen molar-refractivity contribution in [2.75, 3.05) is 16.8 Å². The Morgan fingerprint density at radius 3 is 2.86 bits per heavy atom. The van der Waals surface area contributed by atoms with Gasteiger partial charge >= 0.3 is 0 Å². The van der Waals surface area contributed by atoms with Crippen LogP contribution >= 0.6 is 11.3 Å². The molecule has 1 fully saturated rings. The number of fused-ring (bicyclic) bond motifs is 3. The summed E-state index contributed by atoms with van der Waals surface area (Å²) in [5, 5.41) is 6.83. The minimum atomic E-state index is -0.252. The Morgan fingerprint density at radius 1 is 1.25 bits per heavy atom. The number of nitrogens with one attached hydrogen (secondary N) is 2. The lowest BCUT2D eigenvalue weighted by Gasteiger charge is -2.32. The second-order valence-corrected chi connectivity index (χ2v) is 8.06. The van der Waals surface area contributed by atoms with Crippen molar-refractivity contribution in [3.8, 4) is 5.13 Å². The summed E-state index contributed by atoms with van der Waals surface area (Å²) in [6.07, 6.45) is 4.41. The normalized spacial score (nSPS) is 20.5. The van der Waals surface area contributed by atoms with Gasteiger partial charge in [0.25, 0.3) is 5.91 Å². The molecule has 28 heavy (non-hydrogen) atoms. The maximum absolute atomic E-state index is 12.9. The van der Waals surface area contributed by atoms with Crippen LogP contribution in [0.4, 0.5) is 11.4 Å². The number of nitrogens with zero attached hydrogens (tertiary/aromatic N) is 3. The van der Waals surface area contributed by atoms with E-state index in [0.717, 1.165) is 16.5 Å². The van der Waals surface area contributed by atoms with E-state index in [1.54, 1.807) is 0 Å². The third-order valence-corrected chi connectivity index (χ3v) is 6.40. The minimum absolute atomic E-state index is 0.0145. The molecule has 0 bridgehead atoms. The molecule has 8 heteroatoms. The topological polar surface area (TPSA) is 79.3 Å². The summed E-state index contributed by atoms with van der Waals surface area (Å²) in [7, 11) is 0. The van der Waals surface area contributed by atoms with Crippen LogP contribution in [0.25, 0.3) is 5.13 Å². The third-order valence-electron chi connectivity index (χ3n) is 5.23. The number of carbonyl (C=O) groups excluding carboxylic acids is 2. The van der Waals surface area contributed by atoms with Crippen molar-refractivity contribution in [3.05, 3.63) is 59.4 Å². The largest absolute Gasteiger partial charge is 0.356 e. The van der Waals surface area contributed by atoms with Crippen molar-refractivity contribution in [2.24, 2.45) is 0 Å². The average molecular weight is 393 g/mol. The van der Waals surface area contributed by atoms with Crippen LogP contribution in [0.2, 0.25) is 0 Å². The van der Waals surface area contributed by atoms with E-state index in [4.69, 9.17) is 0 Å². The summed E-state index contributed by atoms with van der Waals surface area (Å²) in [6, 6.07) is 11.3. The molecule has 5 rings (SSSR count). The SMILES string of the molecule is Cc1nc(-n2cccc2)sc1C(=O)N[C@H]1C[C@H]2C(=O)Nc3ccccc3N2C1. The molecule has 1 saturated heterocycles. The number of thiazole rings is 1. The summed E-state index contributed by atoms with van der Waals surface area (Å²) in [5.41, 5.74) is 2.54. The van der Waals surface area contributed by atoms with Crippen LogP contribution in [-0.2, 0) is 4.79 Å². The molecule has 2 aromatic heterocycles. The molecule has 3 aromatic rings. The Balaban J connectivity index is 1.34. The zero-order chi connectivity index (χ0) is 19.3. The summed E-state index contributed by atoms with van der Waals surface area (Å²) < 4.78 is 1.89. The molecule has 2 aliphatic heterocycles. The predicted octanol–water partition coefficient (Wildman–Crippen LogP) is 2.57. The van der Waals surface area contributed by atoms with Gasteiger partial charge < -0.3 is 20.1 Å². The number of hydrogen-bond acceptors (Lipinski definition) is 5. The fraction of sp³-hybridized carbons (Fsp3) is 0.250. The van der Waals surface area contributed by atoms with E-state index in [0.29, 0.717) is 23.5 Å². The van der Waals surface area contributed by atoms with E-state index < -0.39 is 0 Å². The minimum Gasteiger partial charge on any atom is -0.356 e. The molecular weight excluding hydrogens is 374 g/mol. The highest BCUT2D eigenvalue weighted by Crippen LogP contribution is 2.36. The summed E-state index contributed by atoms with van der Waals surface area (Å²) in [4.78, 5) is 32.5. The number of rotatable bonds is 3. The van der Waals surface area contributed by atoms with Crippen LogP contribution < -0.4 is 15.5 Å². The van der Waals surface area contributed by atoms with Gasteiger partial charge in [-0.05, 0) is 37.6 Å². The monoisotopic (exact) mass is 393 g/mol. The summed E-state index contributed by atoms with van der Waals surface area (Å²) in [5.74, 6) is -0.147. The smallest absolute Gasteiger partial charge is 0.263 e. The zero-order valence-corrected chi connectivity index (χ0v) is 16.1. The Labute approximate surface area is 166 Å². The van der Waals surface area contributed by atoms with Crippen LogP contribution in [-0.4, -0.2) is 40.0 Å². The maximum atomic E-state index is 12.9. The molecule has 0 aliphatic carbocycles. The summed E-state index contributed by atoms with van der Waals surface area (Å²) >= 11 is 1.37. The molecule has 0 saturated carbocycles. The van der Waals surface area contributed by atoms with Crippen molar-refractivity contribution in [3.63, 3.8) is 0 Å². The zero-order valence-electron chi connectivity index (χ0n) is 15.3. The fourth-order valence-corrected chi connectivity index (χ4v) is 4.85. The van der Waals surface area contributed by atoms with Gasteiger partial charge in [0.05, 0.1) is 17.1 Å². The van der Waals surface area contributed by atoms with Gasteiger partial charge in [-0.15, -0.1) is 0 Å². The second-order valence-electron chi connectivity index (χ2n) is 7.08. The van der Waals surface area contributed by atoms with Gasteiger partial charge in [0.15, 0.2) is 5.13 Å². The Kier molecular flexibility index (Phi) is 3.94. The molecule has 7 nitrogen and oxygen atoms in total. The van der Waals surface area contributed by atoms with E-state index in [-0.39, 0.29) is 23.9 Å². The lowest BCUT2D eigenvalue weighted by molar-refractivity contribution is -0.117. The van der Waals surface area contributed by atoms with Crippen LogP contribution in [0.1, 0.15) is 21.8 Å². The number of para-hydroxylation sites is 2. The molecule has 0 radical (unpaired) electrons. The first-order valence-electron chi connectivity index (χ1n) is 9.18. The van der Waals surface area contributed by atoms with Crippen LogP contribution in [0.5, 0.6) is 0 Å². The number of anilines is 2. The van der Waals surface area contributed by atoms with Crippen LogP contribution in [0.15, 0.2) is 48.8 Å². The number of hydrogen-bond donors (Lipinski definition) is 2. The van der Waals surface area contributed by atoms with Gasteiger partial charge in [0, 0.05) is 25.0 Å². The van der Waals surface area contributed by atoms with E-state index in [9.17, 15) is 9.59 Å². The van der Waals surface area contributed by atoms with Crippen LogP contribution in [0.3, 0.4) is 0 Å². The number of aryl methyl sites for hydroxylation is 1. The van der Waals surface area contributed by atoms with Gasteiger partial charge in [-0.2, -0.15) is 0 Å². The predicted molar refractivity (Wildman–Crippen MR) is 108 cm³/mol. The standard InChI is InChI=1S/C20H19N5O2S/c1-12-17(28-20(21-12)24-8-4-5-9-24)19(27)22-13-10-16-18(26)23-14-6-2-3-7-15(14)25(16)11-13/h2-9,13,16H,10-11H2,1H3,(H,22,27)(H,23,26)/t13-,16-/m0/s1. The van der Waals surface area contributed by atoms with Gasteiger partial charge in [-0.1, -0.05) is 23.5 Å². The lowest BCUT2D eigenvalue weighted by atomic mass is 10.1.